The average Bonchev–Trinajstić information content (AvgIpc) is 2.63. The Morgan fingerprint density at radius 1 is 1.00 bits per heavy atom. The highest BCUT2D eigenvalue weighted by Gasteiger charge is 2.20. The summed E-state index contributed by atoms with van der Waals surface area (Å²) in [6.45, 7) is 1.25. The Labute approximate surface area is 153 Å². The SMILES string of the molecule is NCCCCCCN[C@H](CC(=O)Nc1cccc2ccccc12)C(=O)O. The van der Waals surface area contributed by atoms with Crippen LogP contribution in [0.5, 0.6) is 0 Å². The minimum atomic E-state index is -1.01. The van der Waals surface area contributed by atoms with Crippen LogP contribution in [0.4, 0.5) is 5.69 Å². The van der Waals surface area contributed by atoms with Crippen molar-refractivity contribution in [3.8, 4) is 0 Å². The highest BCUT2D eigenvalue weighted by Crippen LogP contribution is 2.23. The molecule has 6 nitrogen and oxygen atoms in total. The smallest absolute Gasteiger partial charge is 0.321 e. The van der Waals surface area contributed by atoms with E-state index in [9.17, 15) is 14.7 Å². The van der Waals surface area contributed by atoms with E-state index < -0.39 is 12.0 Å². The normalized spacial score (nSPS) is 12.0. The molecule has 0 spiro atoms. The molecular weight excluding hydrogens is 330 g/mol. The van der Waals surface area contributed by atoms with E-state index in [2.05, 4.69) is 10.6 Å². The third-order valence-corrected chi connectivity index (χ3v) is 4.27. The molecule has 2 aromatic carbocycles. The topological polar surface area (TPSA) is 104 Å². The summed E-state index contributed by atoms with van der Waals surface area (Å²) in [5.74, 6) is -1.33. The molecule has 1 atom stereocenters. The number of anilines is 1. The van der Waals surface area contributed by atoms with Crippen LogP contribution in [-0.2, 0) is 9.59 Å². The molecule has 0 aliphatic heterocycles. The van der Waals surface area contributed by atoms with Gasteiger partial charge < -0.3 is 21.5 Å². The van der Waals surface area contributed by atoms with Gasteiger partial charge in [0.25, 0.3) is 0 Å². The van der Waals surface area contributed by atoms with Crippen molar-refractivity contribution in [3.63, 3.8) is 0 Å². The van der Waals surface area contributed by atoms with Crippen molar-refractivity contribution in [2.24, 2.45) is 5.73 Å². The molecule has 6 heteroatoms. The molecule has 0 unspecified atom stereocenters. The van der Waals surface area contributed by atoms with E-state index in [0.717, 1.165) is 36.5 Å². The monoisotopic (exact) mass is 357 g/mol. The van der Waals surface area contributed by atoms with Gasteiger partial charge in [0.1, 0.15) is 6.04 Å². The fourth-order valence-corrected chi connectivity index (χ4v) is 2.87. The fourth-order valence-electron chi connectivity index (χ4n) is 2.87. The number of carbonyl (C=O) groups excluding carboxylic acids is 1. The second-order valence-corrected chi connectivity index (χ2v) is 6.33. The van der Waals surface area contributed by atoms with Crippen molar-refractivity contribution < 1.29 is 14.7 Å². The van der Waals surface area contributed by atoms with E-state index in [1.54, 1.807) is 0 Å². The fraction of sp³-hybridized carbons (Fsp3) is 0.400. The number of hydrogen-bond donors (Lipinski definition) is 4. The van der Waals surface area contributed by atoms with E-state index >= 15 is 0 Å². The molecule has 2 rings (SSSR count). The first-order valence-corrected chi connectivity index (χ1v) is 9.05. The number of aliphatic carboxylic acids is 1. The van der Waals surface area contributed by atoms with Gasteiger partial charge in [-0.15, -0.1) is 0 Å². The number of amides is 1. The third-order valence-electron chi connectivity index (χ3n) is 4.27. The second-order valence-electron chi connectivity index (χ2n) is 6.33. The lowest BCUT2D eigenvalue weighted by Gasteiger charge is -2.15. The molecule has 5 N–H and O–H groups in total. The summed E-state index contributed by atoms with van der Waals surface area (Å²) in [6.07, 6.45) is 3.78. The Morgan fingerprint density at radius 2 is 1.73 bits per heavy atom. The molecule has 0 fully saturated rings. The van der Waals surface area contributed by atoms with Crippen molar-refractivity contribution in [2.45, 2.75) is 38.1 Å². The second kappa shape index (κ2) is 10.5. The van der Waals surface area contributed by atoms with Crippen LogP contribution in [0.2, 0.25) is 0 Å². The predicted molar refractivity (Wildman–Crippen MR) is 104 cm³/mol. The minimum absolute atomic E-state index is 0.110. The van der Waals surface area contributed by atoms with Gasteiger partial charge in [-0.2, -0.15) is 0 Å². The van der Waals surface area contributed by atoms with Gasteiger partial charge >= 0.3 is 5.97 Å². The Morgan fingerprint density at radius 3 is 2.50 bits per heavy atom. The Bertz CT molecular complexity index is 728. The number of carboxylic acid groups (broad SMARTS) is 1. The summed E-state index contributed by atoms with van der Waals surface area (Å²) in [6, 6.07) is 12.5. The molecule has 0 aliphatic rings. The third kappa shape index (κ3) is 6.13. The summed E-state index contributed by atoms with van der Waals surface area (Å²) in [4.78, 5) is 23.7. The van der Waals surface area contributed by atoms with Crippen LogP contribution in [0.25, 0.3) is 10.8 Å². The molecule has 1 amide bonds. The van der Waals surface area contributed by atoms with Gasteiger partial charge in [0.15, 0.2) is 0 Å². The molecule has 2 aromatic rings. The highest BCUT2D eigenvalue weighted by atomic mass is 16.4. The van der Waals surface area contributed by atoms with E-state index in [1.165, 1.54) is 0 Å². The van der Waals surface area contributed by atoms with Crippen LogP contribution in [0.1, 0.15) is 32.1 Å². The number of nitrogens with two attached hydrogens (primary N) is 1. The maximum atomic E-state index is 12.3. The van der Waals surface area contributed by atoms with Gasteiger partial charge in [-0.1, -0.05) is 49.2 Å². The predicted octanol–water partition coefficient (Wildman–Crippen LogP) is 2.73. The number of benzene rings is 2. The van der Waals surface area contributed by atoms with Gasteiger partial charge in [-0.3, -0.25) is 9.59 Å². The minimum Gasteiger partial charge on any atom is -0.480 e. The molecule has 0 aromatic heterocycles. The van der Waals surface area contributed by atoms with Crippen molar-refractivity contribution in [1.29, 1.82) is 0 Å². The van der Waals surface area contributed by atoms with Crippen LogP contribution < -0.4 is 16.4 Å². The molecule has 0 saturated carbocycles. The molecule has 26 heavy (non-hydrogen) atoms. The molecule has 0 bridgehead atoms. The van der Waals surface area contributed by atoms with Crippen molar-refractivity contribution in [1.82, 2.24) is 5.32 Å². The first kappa shape index (κ1) is 19.9. The number of carbonyl (C=O) groups is 2. The quantitative estimate of drug-likeness (QED) is 0.463. The number of unbranched alkanes of at least 4 members (excludes halogenated alkanes) is 3. The van der Waals surface area contributed by atoms with E-state index in [-0.39, 0.29) is 12.3 Å². The molecule has 140 valence electrons. The molecule has 0 radical (unpaired) electrons. The van der Waals surface area contributed by atoms with Crippen molar-refractivity contribution >= 4 is 28.3 Å². The number of carboxylic acids is 1. The van der Waals surface area contributed by atoms with Gasteiger partial charge in [-0.05, 0) is 37.4 Å². The Hall–Kier alpha value is -2.44. The zero-order valence-electron chi connectivity index (χ0n) is 14.9. The molecule has 0 aliphatic carbocycles. The molecule has 0 heterocycles. The summed E-state index contributed by atoms with van der Waals surface area (Å²) < 4.78 is 0. The van der Waals surface area contributed by atoms with Crippen LogP contribution >= 0.6 is 0 Å². The van der Waals surface area contributed by atoms with Crippen molar-refractivity contribution in [2.75, 3.05) is 18.4 Å². The Balaban J connectivity index is 1.88. The van der Waals surface area contributed by atoms with Gasteiger partial charge in [0.05, 0.1) is 6.42 Å². The molecule has 0 saturated heterocycles. The maximum Gasteiger partial charge on any atom is 0.321 e. The number of rotatable bonds is 11. The molecular formula is C20H27N3O3. The number of fused-ring (bicyclic) bond motifs is 1. The first-order valence-electron chi connectivity index (χ1n) is 9.05. The zero-order valence-corrected chi connectivity index (χ0v) is 14.9. The summed E-state index contributed by atoms with van der Waals surface area (Å²) >= 11 is 0. The lowest BCUT2D eigenvalue weighted by molar-refractivity contribution is -0.141. The standard InChI is InChI=1S/C20H27N3O3/c21-12-5-1-2-6-13-22-18(20(25)26)14-19(24)23-17-11-7-9-15-8-3-4-10-16(15)17/h3-4,7-11,18,22H,1-2,5-6,12-14,21H2,(H,23,24)(H,25,26)/t18-/m1/s1. The van der Waals surface area contributed by atoms with Gasteiger partial charge in [0, 0.05) is 11.1 Å². The average molecular weight is 357 g/mol. The largest absolute Gasteiger partial charge is 0.480 e. The Kier molecular flexibility index (Phi) is 8.05. The summed E-state index contributed by atoms with van der Waals surface area (Å²) in [5.41, 5.74) is 6.14. The first-order chi connectivity index (χ1) is 12.6. The van der Waals surface area contributed by atoms with Crippen LogP contribution in [0, 0.1) is 0 Å². The van der Waals surface area contributed by atoms with E-state index in [4.69, 9.17) is 5.73 Å². The maximum absolute atomic E-state index is 12.3. The zero-order chi connectivity index (χ0) is 18.8. The van der Waals surface area contributed by atoms with Crippen molar-refractivity contribution in [3.05, 3.63) is 42.5 Å². The van der Waals surface area contributed by atoms with Crippen LogP contribution in [0.15, 0.2) is 42.5 Å². The number of nitrogens with one attached hydrogen (secondary N) is 2. The van der Waals surface area contributed by atoms with Crippen LogP contribution in [-0.4, -0.2) is 36.1 Å². The van der Waals surface area contributed by atoms with Crippen LogP contribution in [0.3, 0.4) is 0 Å². The number of hydrogen-bond acceptors (Lipinski definition) is 4. The van der Waals surface area contributed by atoms with E-state index in [0.29, 0.717) is 18.8 Å². The summed E-state index contributed by atoms with van der Waals surface area (Å²) in [7, 11) is 0. The van der Waals surface area contributed by atoms with E-state index in [1.807, 2.05) is 42.5 Å². The summed E-state index contributed by atoms with van der Waals surface area (Å²) in [5, 5.41) is 17.1. The van der Waals surface area contributed by atoms with Gasteiger partial charge in [0.2, 0.25) is 5.91 Å². The highest BCUT2D eigenvalue weighted by molar-refractivity contribution is 6.03. The van der Waals surface area contributed by atoms with Gasteiger partial charge in [-0.25, -0.2) is 0 Å². The lowest BCUT2D eigenvalue weighted by Crippen LogP contribution is -2.40. The lowest BCUT2D eigenvalue weighted by atomic mass is 10.1.